The molecule has 0 spiro atoms. The summed E-state index contributed by atoms with van der Waals surface area (Å²) in [5, 5.41) is 0. The van der Waals surface area contributed by atoms with Crippen molar-refractivity contribution in [3.63, 3.8) is 0 Å². The Bertz CT molecular complexity index is 167. The monoisotopic (exact) mass is 184 g/mol. The highest BCUT2D eigenvalue weighted by Gasteiger charge is 2.35. The van der Waals surface area contributed by atoms with Crippen LogP contribution in [0.3, 0.4) is 0 Å². The minimum atomic E-state index is 0.416. The van der Waals surface area contributed by atoms with Crippen LogP contribution >= 0.6 is 0 Å². The quantitative estimate of drug-likeness (QED) is 0.658. The number of hydrogen-bond acceptors (Lipinski definition) is 2. The van der Waals surface area contributed by atoms with Crippen molar-refractivity contribution in [1.29, 1.82) is 0 Å². The van der Waals surface area contributed by atoms with Gasteiger partial charge in [-0.1, -0.05) is 13.8 Å². The first-order chi connectivity index (χ1) is 5.94. The molecule has 0 N–H and O–H groups in total. The van der Waals surface area contributed by atoms with E-state index in [0.29, 0.717) is 5.54 Å². The van der Waals surface area contributed by atoms with Crippen molar-refractivity contribution in [2.45, 2.75) is 32.7 Å². The van der Waals surface area contributed by atoms with Gasteiger partial charge in [0.05, 0.1) is 0 Å². The summed E-state index contributed by atoms with van der Waals surface area (Å²) in [6.45, 7) is 10.6. The van der Waals surface area contributed by atoms with E-state index in [-0.39, 0.29) is 0 Å². The van der Waals surface area contributed by atoms with E-state index in [9.17, 15) is 0 Å². The lowest BCUT2D eigenvalue weighted by molar-refractivity contribution is 0.129. The molecule has 1 saturated heterocycles. The second kappa shape index (κ2) is 3.97. The van der Waals surface area contributed by atoms with Gasteiger partial charge < -0.3 is 4.90 Å². The average Bonchev–Trinajstić information content (AvgIpc) is 2.31. The first-order valence-electron chi connectivity index (χ1n) is 5.34. The number of nitrogens with zero attached hydrogens (tertiary/aromatic N) is 2. The maximum Gasteiger partial charge on any atom is 0.0317 e. The Kier molecular flexibility index (Phi) is 3.36. The molecule has 0 aromatic heterocycles. The lowest BCUT2D eigenvalue weighted by Gasteiger charge is -2.36. The predicted molar refractivity (Wildman–Crippen MR) is 58.0 cm³/mol. The van der Waals surface area contributed by atoms with Crippen LogP contribution in [0.25, 0.3) is 0 Å². The van der Waals surface area contributed by atoms with E-state index < -0.39 is 0 Å². The van der Waals surface area contributed by atoms with Gasteiger partial charge in [-0.2, -0.15) is 0 Å². The molecule has 0 aromatic carbocycles. The summed E-state index contributed by atoms with van der Waals surface area (Å²) < 4.78 is 0. The zero-order valence-corrected chi connectivity index (χ0v) is 9.80. The molecular weight excluding hydrogens is 160 g/mol. The van der Waals surface area contributed by atoms with E-state index in [2.05, 4.69) is 44.7 Å². The molecule has 1 aliphatic rings. The molecule has 0 aliphatic carbocycles. The van der Waals surface area contributed by atoms with Crippen LogP contribution in [-0.2, 0) is 0 Å². The Morgan fingerprint density at radius 3 is 2.46 bits per heavy atom. The van der Waals surface area contributed by atoms with Crippen LogP contribution in [0.5, 0.6) is 0 Å². The summed E-state index contributed by atoms with van der Waals surface area (Å²) in [7, 11) is 4.48. The lowest BCUT2D eigenvalue weighted by Crippen LogP contribution is -2.47. The third-order valence-electron chi connectivity index (χ3n) is 3.20. The Hall–Kier alpha value is -0.0800. The third kappa shape index (κ3) is 2.68. The molecular formula is C11H24N2. The van der Waals surface area contributed by atoms with Crippen LogP contribution in [0.4, 0.5) is 0 Å². The van der Waals surface area contributed by atoms with Crippen molar-refractivity contribution in [2.24, 2.45) is 5.92 Å². The van der Waals surface area contributed by atoms with Crippen LogP contribution in [0.1, 0.15) is 27.2 Å². The second-order valence-corrected chi connectivity index (χ2v) is 5.26. The standard InChI is InChI=1S/C11H24N2/c1-10(2)8-13(5)11(3)6-7-12(4)9-11/h10H,6-9H2,1-5H3. The molecule has 0 radical (unpaired) electrons. The molecule has 1 atom stereocenters. The van der Waals surface area contributed by atoms with Gasteiger partial charge in [0.2, 0.25) is 0 Å². The predicted octanol–water partition coefficient (Wildman–Crippen LogP) is 1.67. The van der Waals surface area contributed by atoms with Gasteiger partial charge in [0.1, 0.15) is 0 Å². The summed E-state index contributed by atoms with van der Waals surface area (Å²) in [6.07, 6.45) is 1.31. The van der Waals surface area contributed by atoms with Crippen LogP contribution < -0.4 is 0 Å². The third-order valence-corrected chi connectivity index (χ3v) is 3.20. The van der Waals surface area contributed by atoms with Crippen molar-refractivity contribution in [3.8, 4) is 0 Å². The summed E-state index contributed by atoms with van der Waals surface area (Å²) in [5.74, 6) is 0.771. The summed E-state index contributed by atoms with van der Waals surface area (Å²) in [5.41, 5.74) is 0.416. The fraction of sp³-hybridized carbons (Fsp3) is 1.00. The van der Waals surface area contributed by atoms with Gasteiger partial charge >= 0.3 is 0 Å². The lowest BCUT2D eigenvalue weighted by atomic mass is 9.98. The van der Waals surface area contributed by atoms with Crippen molar-refractivity contribution < 1.29 is 0 Å². The Morgan fingerprint density at radius 2 is 2.08 bits per heavy atom. The highest BCUT2D eigenvalue weighted by atomic mass is 15.3. The highest BCUT2D eigenvalue weighted by Crippen LogP contribution is 2.25. The van der Waals surface area contributed by atoms with Crippen LogP contribution in [0.15, 0.2) is 0 Å². The van der Waals surface area contributed by atoms with Crippen LogP contribution in [0, 0.1) is 5.92 Å². The van der Waals surface area contributed by atoms with Gasteiger partial charge in [0.25, 0.3) is 0 Å². The Labute approximate surface area is 82.9 Å². The molecule has 0 aromatic rings. The molecule has 1 aliphatic heterocycles. The molecule has 2 heteroatoms. The molecule has 1 rings (SSSR count). The molecule has 2 nitrogen and oxygen atoms in total. The maximum atomic E-state index is 2.53. The molecule has 0 bridgehead atoms. The number of rotatable bonds is 3. The molecule has 13 heavy (non-hydrogen) atoms. The summed E-state index contributed by atoms with van der Waals surface area (Å²) in [6, 6.07) is 0. The largest absolute Gasteiger partial charge is 0.304 e. The molecule has 1 heterocycles. The van der Waals surface area contributed by atoms with Crippen molar-refractivity contribution >= 4 is 0 Å². The van der Waals surface area contributed by atoms with Crippen LogP contribution in [0.2, 0.25) is 0 Å². The Balaban J connectivity index is 2.49. The van der Waals surface area contributed by atoms with Gasteiger partial charge in [-0.3, -0.25) is 4.90 Å². The Morgan fingerprint density at radius 1 is 1.46 bits per heavy atom. The second-order valence-electron chi connectivity index (χ2n) is 5.26. The number of likely N-dealkylation sites (tertiary alicyclic amines) is 1. The number of hydrogen-bond donors (Lipinski definition) is 0. The molecule has 0 saturated carbocycles. The zero-order valence-electron chi connectivity index (χ0n) is 9.80. The van der Waals surface area contributed by atoms with E-state index in [1.54, 1.807) is 0 Å². The van der Waals surface area contributed by atoms with E-state index >= 15 is 0 Å². The molecule has 78 valence electrons. The van der Waals surface area contributed by atoms with E-state index in [1.807, 2.05) is 0 Å². The van der Waals surface area contributed by atoms with Gasteiger partial charge in [0, 0.05) is 18.6 Å². The number of likely N-dealkylation sites (N-methyl/N-ethyl adjacent to an activating group) is 2. The van der Waals surface area contributed by atoms with E-state index in [4.69, 9.17) is 0 Å². The van der Waals surface area contributed by atoms with Gasteiger partial charge in [-0.05, 0) is 39.9 Å². The SMILES string of the molecule is CC(C)CN(C)C1(C)CCN(C)C1. The smallest absolute Gasteiger partial charge is 0.0317 e. The van der Waals surface area contributed by atoms with Crippen LogP contribution in [-0.4, -0.2) is 49.1 Å². The van der Waals surface area contributed by atoms with Crippen molar-refractivity contribution in [2.75, 3.05) is 33.7 Å². The first kappa shape index (κ1) is 11.0. The van der Waals surface area contributed by atoms with Gasteiger partial charge in [-0.15, -0.1) is 0 Å². The van der Waals surface area contributed by atoms with E-state index in [0.717, 1.165) is 5.92 Å². The average molecular weight is 184 g/mol. The fourth-order valence-electron chi connectivity index (χ4n) is 2.25. The van der Waals surface area contributed by atoms with Crippen molar-refractivity contribution in [3.05, 3.63) is 0 Å². The van der Waals surface area contributed by atoms with Crippen molar-refractivity contribution in [1.82, 2.24) is 9.80 Å². The van der Waals surface area contributed by atoms with Gasteiger partial charge in [-0.25, -0.2) is 0 Å². The van der Waals surface area contributed by atoms with Gasteiger partial charge in [0.15, 0.2) is 0 Å². The zero-order chi connectivity index (χ0) is 10.1. The summed E-state index contributed by atoms with van der Waals surface area (Å²) in [4.78, 5) is 4.96. The molecule has 1 unspecified atom stereocenters. The maximum absolute atomic E-state index is 2.53. The minimum Gasteiger partial charge on any atom is -0.304 e. The minimum absolute atomic E-state index is 0.416. The fourth-order valence-corrected chi connectivity index (χ4v) is 2.25. The van der Waals surface area contributed by atoms with E-state index in [1.165, 1.54) is 26.1 Å². The topological polar surface area (TPSA) is 6.48 Å². The highest BCUT2D eigenvalue weighted by molar-refractivity contribution is 4.93. The summed E-state index contributed by atoms with van der Waals surface area (Å²) >= 11 is 0. The molecule has 1 fully saturated rings. The first-order valence-corrected chi connectivity index (χ1v) is 5.34. The molecule has 0 amide bonds. The normalized spacial score (nSPS) is 30.7.